The molecule has 92 valence electrons. The van der Waals surface area contributed by atoms with Crippen molar-refractivity contribution in [2.75, 3.05) is 26.4 Å². The number of rotatable bonds is 4. The Bertz CT molecular complexity index is 355. The Morgan fingerprint density at radius 3 is 2.53 bits per heavy atom. The Morgan fingerprint density at radius 1 is 1.18 bits per heavy atom. The van der Waals surface area contributed by atoms with Crippen molar-refractivity contribution >= 4 is 0 Å². The zero-order valence-electron chi connectivity index (χ0n) is 9.63. The van der Waals surface area contributed by atoms with Gasteiger partial charge in [0.05, 0.1) is 26.4 Å². The van der Waals surface area contributed by atoms with Crippen molar-refractivity contribution in [1.29, 1.82) is 0 Å². The normalized spacial score (nSPS) is 26.7. The molecule has 4 nitrogen and oxygen atoms in total. The quantitative estimate of drug-likeness (QED) is 0.745. The molecule has 0 bridgehead atoms. The Labute approximate surface area is 100 Å². The summed E-state index contributed by atoms with van der Waals surface area (Å²) in [5.74, 6) is -1.04. The standard InChI is InChI=1S/C13H16O4/c1-2-5-11(6-3-1)13(15-7-4-8-16-13)17-10-12-9-14-12/h1-3,5-6,12H,4,7-10H2. The molecule has 1 atom stereocenters. The van der Waals surface area contributed by atoms with Gasteiger partial charge in [-0.05, 0) is 6.42 Å². The van der Waals surface area contributed by atoms with Crippen LogP contribution in [0.15, 0.2) is 30.3 Å². The summed E-state index contributed by atoms with van der Waals surface area (Å²) < 4.78 is 22.4. The molecule has 2 fully saturated rings. The Hall–Kier alpha value is -0.940. The van der Waals surface area contributed by atoms with Crippen LogP contribution in [0.25, 0.3) is 0 Å². The van der Waals surface area contributed by atoms with Gasteiger partial charge >= 0.3 is 5.97 Å². The van der Waals surface area contributed by atoms with E-state index in [0.29, 0.717) is 19.8 Å². The summed E-state index contributed by atoms with van der Waals surface area (Å²) >= 11 is 0. The molecule has 4 heteroatoms. The van der Waals surface area contributed by atoms with Gasteiger partial charge in [-0.1, -0.05) is 30.3 Å². The van der Waals surface area contributed by atoms with Crippen LogP contribution in [0.3, 0.4) is 0 Å². The first-order valence-corrected chi connectivity index (χ1v) is 5.98. The molecule has 2 saturated heterocycles. The zero-order chi connectivity index (χ0) is 11.6. The molecule has 0 aromatic heterocycles. The van der Waals surface area contributed by atoms with Crippen molar-refractivity contribution in [2.45, 2.75) is 18.5 Å². The van der Waals surface area contributed by atoms with Gasteiger partial charge < -0.3 is 18.9 Å². The van der Waals surface area contributed by atoms with Crippen LogP contribution in [0.1, 0.15) is 12.0 Å². The van der Waals surface area contributed by atoms with E-state index in [4.69, 9.17) is 18.9 Å². The topological polar surface area (TPSA) is 40.2 Å². The van der Waals surface area contributed by atoms with Crippen LogP contribution in [0.4, 0.5) is 0 Å². The summed E-state index contributed by atoms with van der Waals surface area (Å²) in [6.45, 7) is 2.58. The predicted octanol–water partition coefficient (Wildman–Crippen LogP) is 1.65. The molecular weight excluding hydrogens is 220 g/mol. The number of hydrogen-bond acceptors (Lipinski definition) is 4. The minimum absolute atomic E-state index is 0.199. The first kappa shape index (κ1) is 11.2. The van der Waals surface area contributed by atoms with E-state index in [1.54, 1.807) is 0 Å². The summed E-state index contributed by atoms with van der Waals surface area (Å²) in [5.41, 5.74) is 0.903. The maximum absolute atomic E-state index is 5.81. The monoisotopic (exact) mass is 236 g/mol. The summed E-state index contributed by atoms with van der Waals surface area (Å²) in [7, 11) is 0. The number of hydrogen-bond donors (Lipinski definition) is 0. The van der Waals surface area contributed by atoms with E-state index >= 15 is 0 Å². The fourth-order valence-corrected chi connectivity index (χ4v) is 1.86. The highest BCUT2D eigenvalue weighted by Gasteiger charge is 2.40. The summed E-state index contributed by atoms with van der Waals surface area (Å²) in [5, 5.41) is 0. The van der Waals surface area contributed by atoms with Gasteiger partial charge in [0.1, 0.15) is 6.10 Å². The van der Waals surface area contributed by atoms with Crippen LogP contribution in [-0.4, -0.2) is 32.5 Å². The maximum Gasteiger partial charge on any atom is 0.312 e. The van der Waals surface area contributed by atoms with E-state index in [1.807, 2.05) is 30.3 Å². The third-order valence-corrected chi connectivity index (χ3v) is 2.86. The fraction of sp³-hybridized carbons (Fsp3) is 0.538. The van der Waals surface area contributed by atoms with Gasteiger partial charge in [-0.15, -0.1) is 0 Å². The molecule has 0 amide bonds. The zero-order valence-corrected chi connectivity index (χ0v) is 9.63. The molecule has 0 saturated carbocycles. The minimum atomic E-state index is -1.04. The van der Waals surface area contributed by atoms with Crippen molar-refractivity contribution in [2.24, 2.45) is 0 Å². The largest absolute Gasteiger partial charge is 0.371 e. The Kier molecular flexibility index (Phi) is 3.11. The van der Waals surface area contributed by atoms with Crippen molar-refractivity contribution in [1.82, 2.24) is 0 Å². The number of benzene rings is 1. The third kappa shape index (κ3) is 2.50. The minimum Gasteiger partial charge on any atom is -0.371 e. The van der Waals surface area contributed by atoms with Crippen LogP contribution in [0, 0.1) is 0 Å². The first-order valence-electron chi connectivity index (χ1n) is 5.98. The van der Waals surface area contributed by atoms with Gasteiger partial charge in [0.2, 0.25) is 0 Å². The van der Waals surface area contributed by atoms with E-state index in [0.717, 1.165) is 18.6 Å². The smallest absolute Gasteiger partial charge is 0.312 e. The summed E-state index contributed by atoms with van der Waals surface area (Å²) in [6, 6.07) is 9.78. The van der Waals surface area contributed by atoms with Gasteiger partial charge in [0, 0.05) is 5.56 Å². The van der Waals surface area contributed by atoms with Gasteiger partial charge in [-0.25, -0.2) is 0 Å². The van der Waals surface area contributed by atoms with E-state index in [2.05, 4.69) is 0 Å². The molecule has 17 heavy (non-hydrogen) atoms. The lowest BCUT2D eigenvalue weighted by Crippen LogP contribution is -2.41. The van der Waals surface area contributed by atoms with Crippen LogP contribution in [0.2, 0.25) is 0 Å². The van der Waals surface area contributed by atoms with Crippen molar-refractivity contribution in [3.8, 4) is 0 Å². The summed E-state index contributed by atoms with van der Waals surface area (Å²) in [4.78, 5) is 0. The van der Waals surface area contributed by atoms with Crippen LogP contribution in [-0.2, 0) is 24.9 Å². The van der Waals surface area contributed by atoms with Crippen LogP contribution in [0.5, 0.6) is 0 Å². The van der Waals surface area contributed by atoms with Gasteiger partial charge in [-0.2, -0.15) is 0 Å². The molecule has 0 spiro atoms. The predicted molar refractivity (Wildman–Crippen MR) is 60.3 cm³/mol. The second-order valence-electron chi connectivity index (χ2n) is 4.24. The third-order valence-electron chi connectivity index (χ3n) is 2.86. The average molecular weight is 236 g/mol. The maximum atomic E-state index is 5.81. The second kappa shape index (κ2) is 4.74. The number of epoxide rings is 1. The highest BCUT2D eigenvalue weighted by Crippen LogP contribution is 2.33. The molecule has 1 aromatic carbocycles. The van der Waals surface area contributed by atoms with E-state index < -0.39 is 5.97 Å². The van der Waals surface area contributed by atoms with Crippen molar-refractivity contribution < 1.29 is 18.9 Å². The van der Waals surface area contributed by atoms with Crippen molar-refractivity contribution in [3.05, 3.63) is 35.9 Å². The van der Waals surface area contributed by atoms with Gasteiger partial charge in [0.25, 0.3) is 0 Å². The molecule has 0 radical (unpaired) electrons. The van der Waals surface area contributed by atoms with E-state index in [9.17, 15) is 0 Å². The Balaban J connectivity index is 1.78. The average Bonchev–Trinajstić information content (AvgIpc) is 3.23. The molecule has 2 heterocycles. The summed E-state index contributed by atoms with van der Waals surface area (Å²) in [6.07, 6.45) is 1.10. The first-order chi connectivity index (χ1) is 8.39. The molecule has 1 aromatic rings. The highest BCUT2D eigenvalue weighted by molar-refractivity contribution is 5.18. The van der Waals surface area contributed by atoms with Crippen molar-refractivity contribution in [3.63, 3.8) is 0 Å². The molecule has 2 aliphatic rings. The molecule has 1 unspecified atom stereocenters. The van der Waals surface area contributed by atoms with Crippen LogP contribution < -0.4 is 0 Å². The molecular formula is C13H16O4. The molecule has 3 rings (SSSR count). The lowest BCUT2D eigenvalue weighted by Gasteiger charge is -2.36. The van der Waals surface area contributed by atoms with Crippen LogP contribution >= 0.6 is 0 Å². The molecule has 0 aliphatic carbocycles. The second-order valence-corrected chi connectivity index (χ2v) is 4.24. The molecule has 0 N–H and O–H groups in total. The lowest BCUT2D eigenvalue weighted by atomic mass is 10.2. The SMILES string of the molecule is c1ccc(C2(OCC3CO3)OCCCO2)cc1. The number of ether oxygens (including phenoxy) is 4. The molecule has 2 aliphatic heterocycles. The highest BCUT2D eigenvalue weighted by atomic mass is 16.9. The van der Waals surface area contributed by atoms with Gasteiger partial charge in [-0.3, -0.25) is 0 Å². The van der Waals surface area contributed by atoms with Gasteiger partial charge in [0.15, 0.2) is 0 Å². The lowest BCUT2D eigenvalue weighted by molar-refractivity contribution is -0.412. The van der Waals surface area contributed by atoms with E-state index in [-0.39, 0.29) is 6.10 Å². The Morgan fingerprint density at radius 2 is 1.88 bits per heavy atom. The van der Waals surface area contributed by atoms with E-state index in [1.165, 1.54) is 0 Å². The fourth-order valence-electron chi connectivity index (χ4n) is 1.86.